The van der Waals surface area contributed by atoms with Crippen molar-refractivity contribution in [2.75, 3.05) is 5.75 Å². The average molecular weight is 662 g/mol. The number of aliphatic hydroxyl groups is 1. The van der Waals surface area contributed by atoms with E-state index in [9.17, 15) is 34.5 Å². The molecule has 2 aliphatic heterocycles. The number of amides is 2. The van der Waals surface area contributed by atoms with E-state index < -0.39 is 58.6 Å². The number of aromatic amines is 1. The van der Waals surface area contributed by atoms with Gasteiger partial charge in [-0.3, -0.25) is 14.5 Å². The first-order valence-corrected chi connectivity index (χ1v) is 12.6. The first-order chi connectivity index (χ1) is 16.7. The molecular weight excluding hydrogens is 646 g/mol. The van der Waals surface area contributed by atoms with Crippen molar-refractivity contribution in [3.05, 3.63) is 45.6 Å². The summed E-state index contributed by atoms with van der Waals surface area (Å²) >= 11 is 5.25. The van der Waals surface area contributed by atoms with Crippen LogP contribution in [0, 0.1) is 0 Å². The van der Waals surface area contributed by atoms with Crippen LogP contribution in [-0.2, 0) is 19.2 Å². The molecule has 3 unspecified atom stereocenters. The number of H-pyrrole nitrogens is 1. The number of nitrogens with one attached hydrogen (secondary N) is 2. The molecule has 0 saturated carbocycles. The minimum atomic E-state index is -1.67. The van der Waals surface area contributed by atoms with E-state index in [2.05, 4.69) is 41.9 Å². The molecule has 3 N–H and O–H groups in total. The standard InChI is InChI=1S/C19H17BrN6O7S2.2K/c20-8-3-1-7(2-4-8)14(29)15(30)21-12-16(31)26-13(18(32)33)9(6-34-17(12)26)10(5-11(27)28)35-19-22-24-25-23-19;;/h1-4,10,12,14,17,29H,5-6H2,(H,21,30)(H,27,28)(H,32,33)(H,22,23,24,25);;/q;2*+1/p-2/t10?,12?,14?,17-;;/m0../s1. The van der Waals surface area contributed by atoms with Crippen LogP contribution in [0.25, 0.3) is 0 Å². The van der Waals surface area contributed by atoms with E-state index >= 15 is 0 Å². The van der Waals surface area contributed by atoms with Gasteiger partial charge in [-0.25, -0.2) is 0 Å². The molecule has 3 heterocycles. The van der Waals surface area contributed by atoms with Crippen molar-refractivity contribution in [1.82, 2.24) is 30.8 Å². The second kappa shape index (κ2) is 14.8. The Hall–Kier alpha value is 0.323. The molecule has 1 saturated heterocycles. The monoisotopic (exact) mass is 660 g/mol. The second-order valence-corrected chi connectivity index (χ2v) is 10.6. The van der Waals surface area contributed by atoms with Crippen LogP contribution in [0.5, 0.6) is 0 Å². The molecule has 1 aromatic heterocycles. The summed E-state index contributed by atoms with van der Waals surface area (Å²) in [7, 11) is 0. The van der Waals surface area contributed by atoms with E-state index in [1.807, 2.05) is 0 Å². The molecule has 4 atom stereocenters. The first kappa shape index (κ1) is 33.5. The molecule has 2 aliphatic rings. The number of carbonyl (C=O) groups is 4. The third kappa shape index (κ3) is 7.75. The number of hydrogen-bond donors (Lipinski definition) is 3. The van der Waals surface area contributed by atoms with Gasteiger partial charge in [0.2, 0.25) is 5.16 Å². The summed E-state index contributed by atoms with van der Waals surface area (Å²) in [5.74, 6) is -4.63. The zero-order valence-electron chi connectivity index (χ0n) is 19.4. The molecule has 0 radical (unpaired) electrons. The van der Waals surface area contributed by atoms with Gasteiger partial charge in [0.15, 0.2) is 6.10 Å². The molecule has 2 aromatic rings. The number of benzene rings is 1. The van der Waals surface area contributed by atoms with Crippen molar-refractivity contribution in [2.24, 2.45) is 0 Å². The van der Waals surface area contributed by atoms with Gasteiger partial charge >= 0.3 is 103 Å². The van der Waals surface area contributed by atoms with Gasteiger partial charge in [-0.05, 0) is 28.5 Å². The van der Waals surface area contributed by atoms with Crippen LogP contribution in [0.4, 0.5) is 0 Å². The van der Waals surface area contributed by atoms with Gasteiger partial charge in [0.05, 0.1) is 11.7 Å². The van der Waals surface area contributed by atoms with E-state index in [-0.39, 0.29) is 119 Å². The molecular formula is C19H15BrK2N6O7S2. The van der Waals surface area contributed by atoms with Gasteiger partial charge in [-0.15, -0.1) is 22.0 Å². The Labute approximate surface area is 311 Å². The summed E-state index contributed by atoms with van der Waals surface area (Å²) in [6.07, 6.45) is -2.11. The molecule has 184 valence electrons. The number of tetrazole rings is 1. The molecule has 0 spiro atoms. The van der Waals surface area contributed by atoms with Gasteiger partial charge < -0.3 is 30.2 Å². The molecule has 2 amide bonds. The quantitative estimate of drug-likeness (QED) is 0.130. The van der Waals surface area contributed by atoms with Crippen LogP contribution in [0.3, 0.4) is 0 Å². The zero-order chi connectivity index (χ0) is 25.3. The fourth-order valence-corrected chi connectivity index (χ4v) is 6.41. The second-order valence-electron chi connectivity index (χ2n) is 7.39. The Morgan fingerprint density at radius 2 is 1.95 bits per heavy atom. The number of hydrogen-bond acceptors (Lipinski definition) is 12. The Morgan fingerprint density at radius 3 is 2.51 bits per heavy atom. The molecule has 37 heavy (non-hydrogen) atoms. The third-order valence-electron chi connectivity index (χ3n) is 5.24. The summed E-state index contributed by atoms with van der Waals surface area (Å²) in [5, 5.41) is 47.5. The summed E-state index contributed by atoms with van der Waals surface area (Å²) in [5.41, 5.74) is -0.0370. The zero-order valence-corrected chi connectivity index (χ0v) is 28.9. The maximum Gasteiger partial charge on any atom is 1.00 e. The number of aromatic nitrogens is 4. The fourth-order valence-electron chi connectivity index (χ4n) is 3.62. The molecule has 1 aromatic carbocycles. The van der Waals surface area contributed by atoms with Crippen molar-refractivity contribution >= 4 is 63.2 Å². The first-order valence-electron chi connectivity index (χ1n) is 9.90. The van der Waals surface area contributed by atoms with Gasteiger partial charge in [0, 0.05) is 27.9 Å². The number of fused-ring (bicyclic) bond motifs is 1. The Kier molecular flexibility index (Phi) is 13.4. The maximum absolute atomic E-state index is 12.9. The number of aliphatic hydroxyl groups excluding tert-OH is 1. The van der Waals surface area contributed by atoms with Gasteiger partial charge in [0.1, 0.15) is 11.4 Å². The van der Waals surface area contributed by atoms with Crippen molar-refractivity contribution < 1.29 is 137 Å². The third-order valence-corrected chi connectivity index (χ3v) is 8.19. The summed E-state index contributed by atoms with van der Waals surface area (Å²) in [4.78, 5) is 49.7. The van der Waals surface area contributed by atoms with E-state index in [1.54, 1.807) is 24.3 Å². The van der Waals surface area contributed by atoms with Crippen LogP contribution in [0.15, 0.2) is 45.2 Å². The van der Waals surface area contributed by atoms with Crippen LogP contribution in [-0.4, -0.2) is 76.8 Å². The van der Waals surface area contributed by atoms with E-state index in [0.717, 1.165) is 32.9 Å². The molecule has 1 fully saturated rings. The van der Waals surface area contributed by atoms with Gasteiger partial charge in [-0.1, -0.05) is 39.8 Å². The van der Waals surface area contributed by atoms with Crippen LogP contribution in [0.2, 0.25) is 0 Å². The molecule has 0 aliphatic carbocycles. The summed E-state index contributed by atoms with van der Waals surface area (Å²) < 4.78 is 0.754. The van der Waals surface area contributed by atoms with Gasteiger partial charge in [0.25, 0.3) is 11.8 Å². The smallest absolute Gasteiger partial charge is 0.550 e. The van der Waals surface area contributed by atoms with Crippen molar-refractivity contribution in [3.8, 4) is 0 Å². The number of nitrogens with zero attached hydrogens (tertiary/aromatic N) is 4. The Morgan fingerprint density at radius 1 is 1.27 bits per heavy atom. The number of aliphatic carboxylic acids is 2. The van der Waals surface area contributed by atoms with E-state index in [4.69, 9.17) is 0 Å². The largest absolute Gasteiger partial charge is 1.00 e. The number of rotatable bonds is 9. The minimum Gasteiger partial charge on any atom is -0.550 e. The van der Waals surface area contributed by atoms with Crippen molar-refractivity contribution in [1.29, 1.82) is 0 Å². The maximum atomic E-state index is 12.9. The number of carboxylic acids is 2. The summed E-state index contributed by atoms with van der Waals surface area (Å²) in [6.45, 7) is 0. The van der Waals surface area contributed by atoms with Crippen LogP contribution < -0.4 is 118 Å². The van der Waals surface area contributed by atoms with Crippen molar-refractivity contribution in [2.45, 2.75) is 34.3 Å². The number of halogens is 1. The van der Waals surface area contributed by atoms with Crippen molar-refractivity contribution in [3.63, 3.8) is 0 Å². The average Bonchev–Trinajstić information content (AvgIpc) is 3.33. The molecule has 0 bridgehead atoms. The predicted molar refractivity (Wildman–Crippen MR) is 120 cm³/mol. The van der Waals surface area contributed by atoms with E-state index in [0.29, 0.717) is 5.56 Å². The normalized spacial score (nSPS) is 19.9. The molecule has 13 nitrogen and oxygen atoms in total. The predicted octanol–water partition coefficient (Wildman–Crippen LogP) is -8.29. The summed E-state index contributed by atoms with van der Waals surface area (Å²) in [6, 6.07) is 5.29. The van der Waals surface area contributed by atoms with Crippen LogP contribution >= 0.6 is 39.5 Å². The van der Waals surface area contributed by atoms with Gasteiger partial charge in [-0.2, -0.15) is 5.21 Å². The topological polar surface area (TPSA) is 204 Å². The number of thioether (sulfide) groups is 2. The number of carboxylic acid groups (broad SMARTS) is 2. The molecule has 18 heteroatoms. The molecule has 4 rings (SSSR count). The van der Waals surface area contributed by atoms with Crippen LogP contribution in [0.1, 0.15) is 18.1 Å². The number of β-lactam (4-membered cyclic amide) rings is 1. The van der Waals surface area contributed by atoms with E-state index in [1.165, 1.54) is 0 Å². The minimum absolute atomic E-state index is 0. The fraction of sp³-hybridized carbons (Fsp3) is 0.316. The number of carbonyl (C=O) groups excluding carboxylic acids is 4. The Bertz CT molecular complexity index is 1200. The Balaban J connectivity index is 0.00000241. The SMILES string of the molecule is O=C([O-])CC(Sc1nn[nH]n1)C1=C(C(=O)[O-])N2C(=O)C(NC(=O)C(O)c3ccc(Br)cc3)[C@@H]2SC1.[K+].[K+].